The van der Waals surface area contributed by atoms with Crippen molar-refractivity contribution in [1.82, 2.24) is 4.90 Å². The molecule has 0 fully saturated rings. The predicted molar refractivity (Wildman–Crippen MR) is 128 cm³/mol. The number of fused-ring (bicyclic) bond motifs is 2. The van der Waals surface area contributed by atoms with Gasteiger partial charge in [-0.3, -0.25) is 9.59 Å². The van der Waals surface area contributed by atoms with Crippen LogP contribution in [0.4, 0.5) is 0 Å². The van der Waals surface area contributed by atoms with Crippen LogP contribution < -0.4 is 10.2 Å². The molecule has 1 aliphatic rings. The van der Waals surface area contributed by atoms with Crippen LogP contribution in [0, 0.1) is 6.92 Å². The largest absolute Gasteiger partial charge is 0.481 e. The maximum absolute atomic E-state index is 13.1. The molecule has 0 bridgehead atoms. The van der Waals surface area contributed by atoms with Crippen LogP contribution >= 0.6 is 0 Å². The Morgan fingerprint density at radius 3 is 2.52 bits per heavy atom. The van der Waals surface area contributed by atoms with Crippen LogP contribution in [0.15, 0.2) is 82.0 Å². The summed E-state index contributed by atoms with van der Waals surface area (Å²) in [5, 5.41) is 0.485. The minimum Gasteiger partial charge on any atom is -0.481 e. The van der Waals surface area contributed by atoms with Crippen LogP contribution in [-0.2, 0) is 17.8 Å². The molecule has 0 saturated carbocycles. The van der Waals surface area contributed by atoms with Gasteiger partial charge in [-0.05, 0) is 49.1 Å². The maximum atomic E-state index is 13.1. The molecule has 1 aliphatic heterocycles. The van der Waals surface area contributed by atoms with Gasteiger partial charge >= 0.3 is 0 Å². The summed E-state index contributed by atoms with van der Waals surface area (Å²) >= 11 is 0. The van der Waals surface area contributed by atoms with E-state index in [4.69, 9.17) is 9.15 Å². The van der Waals surface area contributed by atoms with Crippen LogP contribution in [0.25, 0.3) is 22.1 Å². The molecule has 0 aliphatic carbocycles. The summed E-state index contributed by atoms with van der Waals surface area (Å²) in [6.07, 6.45) is 0.197. The first-order valence-electron chi connectivity index (χ1n) is 11.2. The van der Waals surface area contributed by atoms with Gasteiger partial charge in [0.1, 0.15) is 17.1 Å². The van der Waals surface area contributed by atoms with Gasteiger partial charge < -0.3 is 14.1 Å². The molecule has 166 valence electrons. The summed E-state index contributed by atoms with van der Waals surface area (Å²) in [6.45, 7) is 4.82. The van der Waals surface area contributed by atoms with E-state index >= 15 is 0 Å². The highest BCUT2D eigenvalue weighted by Gasteiger charge is 2.26. The van der Waals surface area contributed by atoms with Crippen LogP contribution in [0.1, 0.15) is 23.8 Å². The van der Waals surface area contributed by atoms with Crippen molar-refractivity contribution < 1.29 is 13.9 Å². The van der Waals surface area contributed by atoms with Crippen LogP contribution in [0.3, 0.4) is 0 Å². The minimum absolute atomic E-state index is 0.0540. The van der Waals surface area contributed by atoms with E-state index in [1.807, 2.05) is 47.4 Å². The second kappa shape index (κ2) is 8.58. The maximum Gasteiger partial charge on any atom is 0.263 e. The van der Waals surface area contributed by atoms with Gasteiger partial charge in [-0.15, -0.1) is 0 Å². The Balaban J connectivity index is 1.37. The third kappa shape index (κ3) is 4.02. The number of hydrogen-bond donors (Lipinski definition) is 0. The lowest BCUT2D eigenvalue weighted by molar-refractivity contribution is -0.138. The molecule has 2 heterocycles. The van der Waals surface area contributed by atoms with Crippen molar-refractivity contribution in [2.45, 2.75) is 32.9 Å². The molecular weight excluding hydrogens is 414 g/mol. The summed E-state index contributed by atoms with van der Waals surface area (Å²) in [5.41, 5.74) is 4.23. The Kier molecular flexibility index (Phi) is 5.47. The third-order valence-electron chi connectivity index (χ3n) is 6.21. The SMILES string of the molecule is Cc1oc2cc(O[C@H](C)C(=O)N3CCc4ccccc4C3)ccc2c(=O)c1-c1ccccc1. The Labute approximate surface area is 192 Å². The Morgan fingerprint density at radius 2 is 1.73 bits per heavy atom. The molecule has 0 unspecified atom stereocenters. The topological polar surface area (TPSA) is 59.8 Å². The van der Waals surface area contributed by atoms with Crippen LogP contribution in [0.2, 0.25) is 0 Å². The first kappa shape index (κ1) is 21.0. The van der Waals surface area contributed by atoms with Crippen LogP contribution in [0.5, 0.6) is 5.75 Å². The molecule has 1 aromatic heterocycles. The standard InChI is InChI=1S/C28H25NO4/c1-18-26(21-9-4-3-5-10-21)27(30)24-13-12-23(16-25(24)33-18)32-19(2)28(31)29-15-14-20-8-6-7-11-22(20)17-29/h3-13,16,19H,14-15,17H2,1-2H3/t19-/m1/s1. The first-order valence-corrected chi connectivity index (χ1v) is 11.2. The van der Waals surface area contributed by atoms with Crippen molar-refractivity contribution in [3.05, 3.63) is 99.9 Å². The quantitative estimate of drug-likeness (QED) is 0.443. The summed E-state index contributed by atoms with van der Waals surface area (Å²) in [6, 6.07) is 22.8. The van der Waals surface area contributed by atoms with Crippen molar-refractivity contribution in [3.8, 4) is 16.9 Å². The molecule has 0 radical (unpaired) electrons. The lowest BCUT2D eigenvalue weighted by atomic mass is 9.99. The number of nitrogens with zero attached hydrogens (tertiary/aromatic N) is 1. The number of hydrogen-bond acceptors (Lipinski definition) is 4. The highest BCUT2D eigenvalue weighted by molar-refractivity contribution is 5.84. The molecular formula is C28H25NO4. The van der Waals surface area contributed by atoms with E-state index in [9.17, 15) is 9.59 Å². The van der Waals surface area contributed by atoms with E-state index in [1.165, 1.54) is 11.1 Å². The number of amides is 1. The number of rotatable bonds is 4. The van der Waals surface area contributed by atoms with E-state index in [0.717, 1.165) is 12.0 Å². The summed E-state index contributed by atoms with van der Waals surface area (Å²) in [4.78, 5) is 28.0. The Hall–Kier alpha value is -3.86. The van der Waals surface area contributed by atoms with Gasteiger partial charge in [-0.2, -0.15) is 0 Å². The summed E-state index contributed by atoms with van der Waals surface area (Å²) in [7, 11) is 0. The van der Waals surface area contributed by atoms with E-state index in [2.05, 4.69) is 12.1 Å². The average Bonchev–Trinajstić information content (AvgIpc) is 2.83. The Bertz CT molecular complexity index is 1390. The smallest absolute Gasteiger partial charge is 0.263 e. The van der Waals surface area contributed by atoms with E-state index < -0.39 is 6.10 Å². The van der Waals surface area contributed by atoms with Gasteiger partial charge in [0.15, 0.2) is 6.10 Å². The van der Waals surface area contributed by atoms with Crippen molar-refractivity contribution in [2.75, 3.05) is 6.54 Å². The van der Waals surface area contributed by atoms with Gasteiger partial charge in [0.25, 0.3) is 5.91 Å². The van der Waals surface area contributed by atoms with Crippen molar-refractivity contribution in [1.29, 1.82) is 0 Å². The van der Waals surface area contributed by atoms with E-state index in [-0.39, 0.29) is 11.3 Å². The fourth-order valence-electron chi connectivity index (χ4n) is 4.49. The molecule has 0 N–H and O–H groups in total. The normalized spacial score (nSPS) is 14.1. The van der Waals surface area contributed by atoms with Crippen LogP contribution in [-0.4, -0.2) is 23.5 Å². The molecule has 5 nitrogen and oxygen atoms in total. The fourth-order valence-corrected chi connectivity index (χ4v) is 4.49. The van der Waals surface area contributed by atoms with E-state index in [1.54, 1.807) is 32.0 Å². The van der Waals surface area contributed by atoms with Gasteiger partial charge in [-0.25, -0.2) is 0 Å². The minimum atomic E-state index is -0.649. The van der Waals surface area contributed by atoms with Crippen molar-refractivity contribution >= 4 is 16.9 Å². The zero-order valence-electron chi connectivity index (χ0n) is 18.7. The predicted octanol–water partition coefficient (Wildman–Crippen LogP) is 5.12. The molecule has 0 saturated heterocycles. The number of aryl methyl sites for hydroxylation is 1. The van der Waals surface area contributed by atoms with E-state index in [0.29, 0.717) is 41.1 Å². The van der Waals surface area contributed by atoms with Gasteiger partial charge in [0.2, 0.25) is 5.43 Å². The molecule has 5 rings (SSSR count). The second-order valence-electron chi connectivity index (χ2n) is 8.42. The molecule has 1 atom stereocenters. The Morgan fingerprint density at radius 1 is 1.00 bits per heavy atom. The number of benzene rings is 3. The first-order chi connectivity index (χ1) is 16.0. The zero-order chi connectivity index (χ0) is 22.9. The summed E-state index contributed by atoms with van der Waals surface area (Å²) in [5.74, 6) is 0.990. The molecule has 1 amide bonds. The second-order valence-corrected chi connectivity index (χ2v) is 8.42. The zero-order valence-corrected chi connectivity index (χ0v) is 18.7. The molecule has 3 aromatic carbocycles. The van der Waals surface area contributed by atoms with Gasteiger partial charge in [-0.1, -0.05) is 54.6 Å². The lowest BCUT2D eigenvalue weighted by Crippen LogP contribution is -2.43. The third-order valence-corrected chi connectivity index (χ3v) is 6.21. The fraction of sp³-hybridized carbons (Fsp3) is 0.214. The number of carbonyl (C=O) groups is 1. The number of ether oxygens (including phenoxy) is 1. The monoisotopic (exact) mass is 439 g/mol. The molecule has 5 heteroatoms. The highest BCUT2D eigenvalue weighted by Crippen LogP contribution is 2.27. The molecule has 33 heavy (non-hydrogen) atoms. The van der Waals surface area contributed by atoms with Gasteiger partial charge in [0, 0.05) is 19.2 Å². The molecule has 4 aromatic rings. The highest BCUT2D eigenvalue weighted by atomic mass is 16.5. The summed E-state index contributed by atoms with van der Waals surface area (Å²) < 4.78 is 12.0. The van der Waals surface area contributed by atoms with Crippen molar-refractivity contribution in [3.63, 3.8) is 0 Å². The van der Waals surface area contributed by atoms with Gasteiger partial charge in [0.05, 0.1) is 10.9 Å². The van der Waals surface area contributed by atoms with Crippen molar-refractivity contribution in [2.24, 2.45) is 0 Å². The molecule has 0 spiro atoms. The lowest BCUT2D eigenvalue weighted by Gasteiger charge is -2.31. The number of carbonyl (C=O) groups excluding carboxylic acids is 1. The average molecular weight is 440 g/mol.